The average molecular weight is 276 g/mol. The van der Waals surface area contributed by atoms with Crippen LogP contribution in [0.1, 0.15) is 33.6 Å². The summed E-state index contributed by atoms with van der Waals surface area (Å²) in [5.74, 6) is -1.70. The molecule has 0 spiro atoms. The highest BCUT2D eigenvalue weighted by Crippen LogP contribution is 2.35. The second-order valence-electron chi connectivity index (χ2n) is 5.12. The molecule has 20 heavy (non-hydrogen) atoms. The number of carboxylic acids is 1. The van der Waals surface area contributed by atoms with Crippen molar-refractivity contribution < 1.29 is 19.5 Å². The van der Waals surface area contributed by atoms with Crippen LogP contribution in [0.3, 0.4) is 0 Å². The van der Waals surface area contributed by atoms with E-state index < -0.39 is 17.4 Å². The molecule has 1 aromatic carbocycles. The molecule has 0 aliphatic heterocycles. The zero-order valence-electron chi connectivity index (χ0n) is 11.3. The summed E-state index contributed by atoms with van der Waals surface area (Å²) in [6.45, 7) is 0. The summed E-state index contributed by atoms with van der Waals surface area (Å²) in [6.07, 6.45) is 0.870. The molecule has 1 aliphatic carbocycles. The number of benzene rings is 1. The topological polar surface area (TPSA) is 86.7 Å². The highest BCUT2D eigenvalue weighted by atomic mass is 16.4. The zero-order valence-corrected chi connectivity index (χ0v) is 11.3. The van der Waals surface area contributed by atoms with Gasteiger partial charge in [-0.15, -0.1) is 0 Å². The van der Waals surface area contributed by atoms with Crippen LogP contribution in [0.5, 0.6) is 0 Å². The highest BCUT2D eigenvalue weighted by molar-refractivity contribution is 6.01. The van der Waals surface area contributed by atoms with E-state index in [-0.39, 0.29) is 11.5 Å². The van der Waals surface area contributed by atoms with Crippen molar-refractivity contribution in [3.8, 4) is 0 Å². The molecule has 6 heteroatoms. The van der Waals surface area contributed by atoms with Crippen LogP contribution in [0, 0.1) is 0 Å². The van der Waals surface area contributed by atoms with Crippen molar-refractivity contribution in [2.45, 2.75) is 18.4 Å². The predicted molar refractivity (Wildman–Crippen MR) is 71.5 cm³/mol. The molecule has 0 bridgehead atoms. The first-order valence-corrected chi connectivity index (χ1v) is 6.23. The standard InChI is InChI=1S/C14H16N2O4/c1-16(2)12(18)10-5-3-4-9(8-10)11(17)15-14(6-7-14)13(19)20/h3-5,8H,6-7H2,1-2H3,(H,15,17)(H,19,20). The monoisotopic (exact) mass is 276 g/mol. The Labute approximate surface area is 116 Å². The van der Waals surface area contributed by atoms with Gasteiger partial charge in [-0.25, -0.2) is 4.79 Å². The van der Waals surface area contributed by atoms with Crippen molar-refractivity contribution in [2.24, 2.45) is 0 Å². The molecule has 1 fully saturated rings. The number of carbonyl (C=O) groups is 3. The Bertz CT molecular complexity index is 576. The number of carboxylic acid groups (broad SMARTS) is 1. The summed E-state index contributed by atoms with van der Waals surface area (Å²) < 4.78 is 0. The fraction of sp³-hybridized carbons (Fsp3) is 0.357. The van der Waals surface area contributed by atoms with Gasteiger partial charge in [-0.05, 0) is 31.0 Å². The summed E-state index contributed by atoms with van der Waals surface area (Å²) in [4.78, 5) is 36.3. The van der Waals surface area contributed by atoms with Crippen LogP contribution < -0.4 is 5.32 Å². The predicted octanol–water partition coefficient (Wildman–Crippen LogP) is 0.735. The zero-order chi connectivity index (χ0) is 14.9. The maximum atomic E-state index is 12.1. The molecule has 0 aromatic heterocycles. The molecule has 1 saturated carbocycles. The van der Waals surface area contributed by atoms with E-state index in [1.54, 1.807) is 32.3 Å². The van der Waals surface area contributed by atoms with E-state index in [9.17, 15) is 14.4 Å². The number of amides is 2. The minimum Gasteiger partial charge on any atom is -0.480 e. The third-order valence-electron chi connectivity index (χ3n) is 3.29. The van der Waals surface area contributed by atoms with Gasteiger partial charge >= 0.3 is 5.97 Å². The molecule has 0 heterocycles. The Morgan fingerprint density at radius 1 is 1.20 bits per heavy atom. The summed E-state index contributed by atoms with van der Waals surface area (Å²) >= 11 is 0. The molecule has 0 saturated heterocycles. The Balaban J connectivity index is 2.17. The lowest BCUT2D eigenvalue weighted by Crippen LogP contribution is -2.43. The Kier molecular flexibility index (Phi) is 3.48. The van der Waals surface area contributed by atoms with Gasteiger partial charge in [0.05, 0.1) is 0 Å². The molecule has 1 aromatic rings. The number of carbonyl (C=O) groups excluding carboxylic acids is 2. The van der Waals surface area contributed by atoms with Crippen LogP contribution in [-0.4, -0.2) is 47.4 Å². The van der Waals surface area contributed by atoms with Gasteiger partial charge in [-0.3, -0.25) is 9.59 Å². The van der Waals surface area contributed by atoms with Gasteiger partial charge in [0, 0.05) is 25.2 Å². The van der Waals surface area contributed by atoms with Crippen LogP contribution in [0.2, 0.25) is 0 Å². The lowest BCUT2D eigenvalue weighted by Gasteiger charge is -2.14. The molecule has 6 nitrogen and oxygen atoms in total. The van der Waals surface area contributed by atoms with Crippen LogP contribution in [0.25, 0.3) is 0 Å². The normalized spacial score (nSPS) is 15.3. The molecule has 2 amide bonds. The van der Waals surface area contributed by atoms with E-state index in [0.29, 0.717) is 18.4 Å². The van der Waals surface area contributed by atoms with E-state index in [1.807, 2.05) is 0 Å². The van der Waals surface area contributed by atoms with E-state index >= 15 is 0 Å². The first kappa shape index (κ1) is 14.0. The van der Waals surface area contributed by atoms with Crippen molar-refractivity contribution in [3.05, 3.63) is 35.4 Å². The molecule has 1 aliphatic rings. The lowest BCUT2D eigenvalue weighted by atomic mass is 10.1. The van der Waals surface area contributed by atoms with Crippen LogP contribution in [-0.2, 0) is 4.79 Å². The number of hydrogen-bond donors (Lipinski definition) is 2. The van der Waals surface area contributed by atoms with Gasteiger partial charge in [-0.2, -0.15) is 0 Å². The van der Waals surface area contributed by atoms with E-state index in [4.69, 9.17) is 5.11 Å². The van der Waals surface area contributed by atoms with Gasteiger partial charge in [-0.1, -0.05) is 6.07 Å². The number of hydrogen-bond acceptors (Lipinski definition) is 3. The highest BCUT2D eigenvalue weighted by Gasteiger charge is 2.51. The van der Waals surface area contributed by atoms with Crippen LogP contribution in [0.15, 0.2) is 24.3 Å². The molecular formula is C14H16N2O4. The van der Waals surface area contributed by atoms with Gasteiger partial charge < -0.3 is 15.3 Å². The van der Waals surface area contributed by atoms with Crippen LogP contribution >= 0.6 is 0 Å². The largest absolute Gasteiger partial charge is 0.480 e. The molecule has 0 unspecified atom stereocenters. The first-order chi connectivity index (χ1) is 9.35. The minimum atomic E-state index is -1.13. The minimum absolute atomic E-state index is 0.209. The van der Waals surface area contributed by atoms with E-state index in [2.05, 4.69) is 5.32 Å². The van der Waals surface area contributed by atoms with Crippen LogP contribution in [0.4, 0.5) is 0 Å². The third kappa shape index (κ3) is 2.64. The third-order valence-corrected chi connectivity index (χ3v) is 3.29. The van der Waals surface area contributed by atoms with Gasteiger partial charge in [0.1, 0.15) is 5.54 Å². The van der Waals surface area contributed by atoms with Gasteiger partial charge in [0.2, 0.25) is 0 Å². The van der Waals surface area contributed by atoms with Gasteiger partial charge in [0.15, 0.2) is 0 Å². The average Bonchev–Trinajstić information content (AvgIpc) is 3.18. The second kappa shape index (κ2) is 4.96. The second-order valence-corrected chi connectivity index (χ2v) is 5.12. The first-order valence-electron chi connectivity index (χ1n) is 6.23. The molecule has 0 radical (unpaired) electrons. The quantitative estimate of drug-likeness (QED) is 0.849. The Morgan fingerprint density at radius 2 is 1.80 bits per heavy atom. The lowest BCUT2D eigenvalue weighted by molar-refractivity contribution is -0.140. The van der Waals surface area contributed by atoms with E-state index in [0.717, 1.165) is 0 Å². The number of aliphatic carboxylic acids is 1. The molecule has 2 rings (SSSR count). The number of nitrogens with zero attached hydrogens (tertiary/aromatic N) is 1. The fourth-order valence-electron chi connectivity index (χ4n) is 1.86. The molecule has 106 valence electrons. The summed E-state index contributed by atoms with van der Waals surface area (Å²) in [6, 6.07) is 6.24. The van der Waals surface area contributed by atoms with Crippen molar-refractivity contribution in [1.29, 1.82) is 0 Å². The Morgan fingerprint density at radius 3 is 2.30 bits per heavy atom. The number of nitrogens with one attached hydrogen (secondary N) is 1. The molecule has 2 N–H and O–H groups in total. The van der Waals surface area contributed by atoms with Crippen molar-refractivity contribution in [1.82, 2.24) is 10.2 Å². The summed E-state index contributed by atoms with van der Waals surface area (Å²) in [7, 11) is 3.25. The maximum absolute atomic E-state index is 12.1. The van der Waals surface area contributed by atoms with Crippen molar-refractivity contribution in [2.75, 3.05) is 14.1 Å². The summed E-state index contributed by atoms with van der Waals surface area (Å²) in [5, 5.41) is 11.6. The number of rotatable bonds is 4. The van der Waals surface area contributed by atoms with E-state index in [1.165, 1.54) is 11.0 Å². The maximum Gasteiger partial charge on any atom is 0.329 e. The van der Waals surface area contributed by atoms with Crippen molar-refractivity contribution in [3.63, 3.8) is 0 Å². The molecular weight excluding hydrogens is 260 g/mol. The molecule has 0 atom stereocenters. The fourth-order valence-corrected chi connectivity index (χ4v) is 1.86. The Hall–Kier alpha value is -2.37. The van der Waals surface area contributed by atoms with Gasteiger partial charge in [0.25, 0.3) is 11.8 Å². The SMILES string of the molecule is CN(C)C(=O)c1cccc(C(=O)NC2(C(=O)O)CC2)c1. The van der Waals surface area contributed by atoms with Crippen molar-refractivity contribution >= 4 is 17.8 Å². The summed E-state index contributed by atoms with van der Waals surface area (Å²) in [5.41, 5.74) is -0.452. The smallest absolute Gasteiger partial charge is 0.329 e.